The molecule has 1 saturated heterocycles. The highest BCUT2D eigenvalue weighted by molar-refractivity contribution is 5.69. The summed E-state index contributed by atoms with van der Waals surface area (Å²) in [5, 5.41) is 0. The summed E-state index contributed by atoms with van der Waals surface area (Å²) in [5.41, 5.74) is 1.16. The fourth-order valence-corrected chi connectivity index (χ4v) is 2.76. The van der Waals surface area contributed by atoms with Gasteiger partial charge in [0, 0.05) is 6.42 Å². The largest absolute Gasteiger partial charge is 0.463 e. The van der Waals surface area contributed by atoms with Gasteiger partial charge in [0.05, 0.1) is 6.10 Å². The van der Waals surface area contributed by atoms with Crippen molar-refractivity contribution in [3.05, 3.63) is 35.6 Å². The molecule has 1 aromatic rings. The van der Waals surface area contributed by atoms with Gasteiger partial charge in [0.25, 0.3) is 0 Å². The molecule has 2 nitrogen and oxygen atoms in total. The lowest BCUT2D eigenvalue weighted by molar-refractivity contribution is -0.148. The zero-order chi connectivity index (χ0) is 13.7. The van der Waals surface area contributed by atoms with Gasteiger partial charge in [0.2, 0.25) is 0 Å². The first-order valence-electron chi connectivity index (χ1n) is 7.07. The Morgan fingerprint density at radius 2 is 2.00 bits per heavy atom. The van der Waals surface area contributed by atoms with Crippen LogP contribution in [0.15, 0.2) is 24.3 Å². The summed E-state index contributed by atoms with van der Waals surface area (Å²) in [5.74, 6) is 0.238. The van der Waals surface area contributed by atoms with Crippen LogP contribution in [0.5, 0.6) is 0 Å². The summed E-state index contributed by atoms with van der Waals surface area (Å²) in [6.45, 7) is 1.96. The summed E-state index contributed by atoms with van der Waals surface area (Å²) in [6.07, 6.45) is 5.42. The molecule has 2 rings (SSSR count). The van der Waals surface area contributed by atoms with Gasteiger partial charge in [-0.25, -0.2) is 4.39 Å². The van der Waals surface area contributed by atoms with E-state index in [4.69, 9.17) is 4.74 Å². The number of cyclic esters (lactones) is 1. The Morgan fingerprint density at radius 1 is 1.26 bits per heavy atom. The topological polar surface area (TPSA) is 26.3 Å². The molecule has 0 aromatic heterocycles. The van der Waals surface area contributed by atoms with E-state index in [1.54, 1.807) is 0 Å². The zero-order valence-electron chi connectivity index (χ0n) is 11.4. The molecule has 0 amide bonds. The van der Waals surface area contributed by atoms with Crippen LogP contribution in [0.1, 0.15) is 44.6 Å². The number of carbonyl (C=O) groups is 1. The number of esters is 1. The van der Waals surface area contributed by atoms with Crippen LogP contribution in [0.25, 0.3) is 0 Å². The van der Waals surface area contributed by atoms with E-state index in [0.29, 0.717) is 12.3 Å². The van der Waals surface area contributed by atoms with Crippen LogP contribution in [0.4, 0.5) is 4.39 Å². The Kier molecular flexibility index (Phi) is 4.94. The molecule has 0 aliphatic carbocycles. The van der Waals surface area contributed by atoms with Crippen LogP contribution in [-0.2, 0) is 16.0 Å². The van der Waals surface area contributed by atoms with Gasteiger partial charge in [-0.05, 0) is 56.2 Å². The monoisotopic (exact) mass is 264 g/mol. The lowest BCUT2D eigenvalue weighted by atomic mass is 9.89. The van der Waals surface area contributed by atoms with E-state index in [2.05, 4.69) is 0 Å². The van der Waals surface area contributed by atoms with Crippen molar-refractivity contribution < 1.29 is 13.9 Å². The first-order chi connectivity index (χ1) is 9.13. The molecule has 104 valence electrons. The average Bonchev–Trinajstić information content (AvgIpc) is 2.43. The molecule has 2 unspecified atom stereocenters. The first kappa shape index (κ1) is 14.0. The highest BCUT2D eigenvalue weighted by atomic mass is 19.1. The molecule has 2 atom stereocenters. The standard InChI is InChI=1S/C16H21FO2/c1-12-10-14(4-2-3-5-16(18)19-12)11-13-6-8-15(17)9-7-13/h6-9,12,14H,2-5,10-11H2,1H3. The van der Waals surface area contributed by atoms with Gasteiger partial charge < -0.3 is 4.74 Å². The lowest BCUT2D eigenvalue weighted by Crippen LogP contribution is -2.18. The average molecular weight is 264 g/mol. The van der Waals surface area contributed by atoms with Gasteiger partial charge in [-0.2, -0.15) is 0 Å². The van der Waals surface area contributed by atoms with Crippen LogP contribution < -0.4 is 0 Å². The van der Waals surface area contributed by atoms with Gasteiger partial charge in [0.15, 0.2) is 0 Å². The van der Waals surface area contributed by atoms with Crippen molar-refractivity contribution in [1.82, 2.24) is 0 Å². The van der Waals surface area contributed by atoms with Crippen molar-refractivity contribution in [2.75, 3.05) is 0 Å². The molecule has 3 heteroatoms. The molecule has 0 bridgehead atoms. The lowest BCUT2D eigenvalue weighted by Gasteiger charge is -2.19. The smallest absolute Gasteiger partial charge is 0.306 e. The third-order valence-corrected chi connectivity index (χ3v) is 3.68. The van der Waals surface area contributed by atoms with Crippen molar-refractivity contribution in [3.63, 3.8) is 0 Å². The second kappa shape index (κ2) is 6.69. The molecule has 1 fully saturated rings. The Hall–Kier alpha value is -1.38. The molecule has 1 aliphatic heterocycles. The van der Waals surface area contributed by atoms with Crippen LogP contribution in [0, 0.1) is 11.7 Å². The molecule has 0 N–H and O–H groups in total. The second-order valence-corrected chi connectivity index (χ2v) is 5.48. The second-order valence-electron chi connectivity index (χ2n) is 5.48. The third kappa shape index (κ3) is 4.66. The summed E-state index contributed by atoms with van der Waals surface area (Å²) in [7, 11) is 0. The fourth-order valence-electron chi connectivity index (χ4n) is 2.76. The van der Waals surface area contributed by atoms with E-state index in [1.165, 1.54) is 12.1 Å². The summed E-state index contributed by atoms with van der Waals surface area (Å²) in [4.78, 5) is 11.4. The maximum absolute atomic E-state index is 12.9. The number of carbonyl (C=O) groups excluding carboxylic acids is 1. The Labute approximate surface area is 114 Å². The number of hydrogen-bond acceptors (Lipinski definition) is 2. The molecular formula is C16H21FO2. The van der Waals surface area contributed by atoms with Crippen LogP contribution in [-0.4, -0.2) is 12.1 Å². The predicted molar refractivity (Wildman–Crippen MR) is 72.2 cm³/mol. The Bertz CT molecular complexity index is 413. The molecular weight excluding hydrogens is 243 g/mol. The van der Waals surface area contributed by atoms with E-state index in [9.17, 15) is 9.18 Å². The number of halogens is 1. The summed E-state index contributed by atoms with van der Waals surface area (Å²) < 4.78 is 18.2. The first-order valence-corrected chi connectivity index (χ1v) is 7.07. The minimum absolute atomic E-state index is 0.0175. The zero-order valence-corrected chi connectivity index (χ0v) is 11.4. The Morgan fingerprint density at radius 3 is 2.74 bits per heavy atom. The minimum atomic E-state index is -0.194. The molecule has 1 heterocycles. The van der Waals surface area contributed by atoms with E-state index in [-0.39, 0.29) is 17.9 Å². The number of ether oxygens (including phenoxy) is 1. The molecule has 0 spiro atoms. The van der Waals surface area contributed by atoms with E-state index in [0.717, 1.165) is 37.7 Å². The molecule has 1 aliphatic rings. The highest BCUT2D eigenvalue weighted by Gasteiger charge is 2.19. The van der Waals surface area contributed by atoms with Crippen LogP contribution >= 0.6 is 0 Å². The maximum Gasteiger partial charge on any atom is 0.306 e. The number of rotatable bonds is 2. The molecule has 1 aromatic carbocycles. The predicted octanol–water partition coefficient (Wildman–Crippen LogP) is 3.88. The number of benzene rings is 1. The highest BCUT2D eigenvalue weighted by Crippen LogP contribution is 2.24. The van der Waals surface area contributed by atoms with Crippen molar-refractivity contribution in [2.45, 2.75) is 51.6 Å². The van der Waals surface area contributed by atoms with Gasteiger partial charge in [0.1, 0.15) is 5.82 Å². The SMILES string of the molecule is CC1CC(Cc2ccc(F)cc2)CCCCC(=O)O1. The quantitative estimate of drug-likeness (QED) is 0.758. The van der Waals surface area contributed by atoms with Crippen LogP contribution in [0.2, 0.25) is 0 Å². The van der Waals surface area contributed by atoms with Gasteiger partial charge in [-0.15, -0.1) is 0 Å². The molecule has 0 saturated carbocycles. The maximum atomic E-state index is 12.9. The third-order valence-electron chi connectivity index (χ3n) is 3.68. The summed E-state index contributed by atoms with van der Waals surface area (Å²) >= 11 is 0. The molecule has 19 heavy (non-hydrogen) atoms. The van der Waals surface area contributed by atoms with Gasteiger partial charge >= 0.3 is 5.97 Å². The van der Waals surface area contributed by atoms with Crippen molar-refractivity contribution in [1.29, 1.82) is 0 Å². The molecule has 0 radical (unpaired) electrons. The van der Waals surface area contributed by atoms with Gasteiger partial charge in [-0.1, -0.05) is 18.6 Å². The van der Waals surface area contributed by atoms with E-state index < -0.39 is 0 Å². The Balaban J connectivity index is 1.97. The number of hydrogen-bond donors (Lipinski definition) is 0. The minimum Gasteiger partial charge on any atom is -0.463 e. The van der Waals surface area contributed by atoms with Crippen LogP contribution in [0.3, 0.4) is 0 Å². The van der Waals surface area contributed by atoms with Crippen molar-refractivity contribution in [3.8, 4) is 0 Å². The van der Waals surface area contributed by atoms with Crippen molar-refractivity contribution in [2.24, 2.45) is 5.92 Å². The fraction of sp³-hybridized carbons (Fsp3) is 0.562. The van der Waals surface area contributed by atoms with Crippen molar-refractivity contribution >= 4 is 5.97 Å². The van der Waals surface area contributed by atoms with E-state index >= 15 is 0 Å². The normalized spacial score (nSPS) is 25.1. The summed E-state index contributed by atoms with van der Waals surface area (Å²) in [6, 6.07) is 6.71. The van der Waals surface area contributed by atoms with E-state index in [1.807, 2.05) is 19.1 Å². The van der Waals surface area contributed by atoms with Gasteiger partial charge in [-0.3, -0.25) is 4.79 Å².